The van der Waals surface area contributed by atoms with Gasteiger partial charge in [0.25, 0.3) is 0 Å². The maximum absolute atomic E-state index is 11.5. The number of hydrogen-bond acceptors (Lipinski definition) is 3. The third-order valence-corrected chi connectivity index (χ3v) is 3.78. The molecule has 0 radical (unpaired) electrons. The first-order chi connectivity index (χ1) is 6.16. The number of allylic oxidation sites excluding steroid dienone is 5. The molecule has 0 aromatic heterocycles. The van der Waals surface area contributed by atoms with Crippen LogP contribution >= 0.6 is 0 Å². The van der Waals surface area contributed by atoms with Crippen molar-refractivity contribution in [3.8, 4) is 0 Å². The second kappa shape index (κ2) is 2.55. The predicted molar refractivity (Wildman–Crippen MR) is 48.0 cm³/mol. The molecule has 2 aliphatic rings. The molecule has 2 rings (SSSR count). The number of hydrogen-bond donors (Lipinski definition) is 0. The molecule has 0 bridgehead atoms. The largest absolute Gasteiger partial charge is 0.232 e. The summed E-state index contributed by atoms with van der Waals surface area (Å²) in [6.45, 7) is 0. The van der Waals surface area contributed by atoms with Crippen molar-refractivity contribution in [3.63, 3.8) is 0 Å². The van der Waals surface area contributed by atoms with E-state index in [9.17, 15) is 13.2 Å². The Balaban J connectivity index is 2.74. The Morgan fingerprint density at radius 2 is 2.15 bits per heavy atom. The number of fused-ring (bicyclic) bond motifs is 1. The van der Waals surface area contributed by atoms with Gasteiger partial charge in [-0.05, 0) is 24.1 Å². The highest BCUT2D eigenvalue weighted by molar-refractivity contribution is 8.00. The van der Waals surface area contributed by atoms with Gasteiger partial charge in [-0.3, -0.25) is 0 Å². The van der Waals surface area contributed by atoms with E-state index in [0.717, 1.165) is 0 Å². The second-order valence-corrected chi connectivity index (χ2v) is 4.69. The van der Waals surface area contributed by atoms with Crippen molar-refractivity contribution < 1.29 is 13.2 Å². The lowest BCUT2D eigenvalue weighted by Gasteiger charge is -2.04. The quantitative estimate of drug-likeness (QED) is 0.538. The molecule has 13 heavy (non-hydrogen) atoms. The van der Waals surface area contributed by atoms with Gasteiger partial charge in [0.15, 0.2) is 4.91 Å². The summed E-state index contributed by atoms with van der Waals surface area (Å²) >= 11 is 0. The fraction of sp³-hybridized carbons (Fsp3) is 0.111. The highest BCUT2D eigenvalue weighted by Gasteiger charge is 2.32. The molecular formula is C9H6O3S. The Bertz CT molecular complexity index is 497. The molecule has 0 N–H and O–H groups in total. The Kier molecular flexibility index (Phi) is 1.62. The average molecular weight is 194 g/mol. The van der Waals surface area contributed by atoms with Crippen LogP contribution in [0.2, 0.25) is 0 Å². The van der Waals surface area contributed by atoms with Crippen molar-refractivity contribution in [2.24, 2.45) is 0 Å². The standard InChI is InChI=1S/C9H6O3S/c10-6-8-5-7-3-1-2-4-9(7)13(8,11)12/h1-2,4-5H,3H2. The Hall–Kier alpha value is -1.38. The molecule has 0 aromatic carbocycles. The summed E-state index contributed by atoms with van der Waals surface area (Å²) in [6, 6.07) is 0. The molecule has 3 nitrogen and oxygen atoms in total. The van der Waals surface area contributed by atoms with Crippen LogP contribution in [0.3, 0.4) is 0 Å². The lowest BCUT2D eigenvalue weighted by atomic mass is 10.1. The van der Waals surface area contributed by atoms with Crippen LogP contribution in [0.1, 0.15) is 6.42 Å². The zero-order valence-corrected chi connectivity index (χ0v) is 7.47. The minimum atomic E-state index is -3.53. The molecule has 66 valence electrons. The lowest BCUT2D eigenvalue weighted by molar-refractivity contribution is 0.568. The third-order valence-electron chi connectivity index (χ3n) is 2.02. The van der Waals surface area contributed by atoms with Gasteiger partial charge in [0, 0.05) is 0 Å². The van der Waals surface area contributed by atoms with Crippen molar-refractivity contribution in [3.05, 3.63) is 39.7 Å². The molecule has 0 unspecified atom stereocenters. The van der Waals surface area contributed by atoms with E-state index in [1.165, 1.54) is 18.1 Å². The van der Waals surface area contributed by atoms with E-state index in [2.05, 4.69) is 0 Å². The highest BCUT2D eigenvalue weighted by Crippen LogP contribution is 2.35. The number of carbonyl (C=O) groups excluding carboxylic acids is 1. The Morgan fingerprint density at radius 3 is 2.77 bits per heavy atom. The van der Waals surface area contributed by atoms with E-state index < -0.39 is 9.84 Å². The molecule has 0 saturated carbocycles. The molecule has 0 atom stereocenters. The summed E-state index contributed by atoms with van der Waals surface area (Å²) in [7, 11) is -3.53. The third kappa shape index (κ3) is 1.03. The van der Waals surface area contributed by atoms with E-state index in [1.807, 2.05) is 6.08 Å². The fourth-order valence-corrected chi connectivity index (χ4v) is 2.78. The van der Waals surface area contributed by atoms with E-state index in [0.29, 0.717) is 12.0 Å². The lowest BCUT2D eigenvalue weighted by Crippen LogP contribution is -2.02. The van der Waals surface area contributed by atoms with Gasteiger partial charge >= 0.3 is 0 Å². The van der Waals surface area contributed by atoms with Crippen LogP contribution in [0.25, 0.3) is 0 Å². The van der Waals surface area contributed by atoms with Crippen LogP contribution in [0, 0.1) is 0 Å². The highest BCUT2D eigenvalue weighted by atomic mass is 32.2. The maximum Gasteiger partial charge on any atom is 0.217 e. The zero-order chi connectivity index (χ0) is 9.47. The molecule has 0 aromatic rings. The number of sulfone groups is 1. The fourth-order valence-electron chi connectivity index (χ4n) is 1.39. The molecule has 1 aliphatic carbocycles. The van der Waals surface area contributed by atoms with Gasteiger partial charge < -0.3 is 0 Å². The van der Waals surface area contributed by atoms with E-state index in [4.69, 9.17) is 0 Å². The van der Waals surface area contributed by atoms with Gasteiger partial charge in [0.1, 0.15) is 5.94 Å². The van der Waals surface area contributed by atoms with Gasteiger partial charge in [-0.1, -0.05) is 12.2 Å². The molecule has 1 aliphatic heterocycles. The molecule has 0 saturated heterocycles. The van der Waals surface area contributed by atoms with Crippen molar-refractivity contribution in [1.29, 1.82) is 0 Å². The van der Waals surface area contributed by atoms with Crippen LogP contribution in [0.5, 0.6) is 0 Å². The van der Waals surface area contributed by atoms with E-state index in [1.54, 1.807) is 6.08 Å². The van der Waals surface area contributed by atoms with Gasteiger partial charge in [-0.15, -0.1) is 0 Å². The summed E-state index contributed by atoms with van der Waals surface area (Å²) < 4.78 is 23.0. The summed E-state index contributed by atoms with van der Waals surface area (Å²) in [5.74, 6) is 1.44. The van der Waals surface area contributed by atoms with Crippen molar-refractivity contribution >= 4 is 15.8 Å². The monoisotopic (exact) mass is 194 g/mol. The van der Waals surface area contributed by atoms with E-state index >= 15 is 0 Å². The molecule has 0 spiro atoms. The first-order valence-corrected chi connectivity index (χ1v) is 5.22. The van der Waals surface area contributed by atoms with Crippen molar-refractivity contribution in [2.45, 2.75) is 6.42 Å². The Morgan fingerprint density at radius 1 is 1.38 bits per heavy atom. The van der Waals surface area contributed by atoms with Gasteiger partial charge in [0.2, 0.25) is 9.84 Å². The minimum Gasteiger partial charge on any atom is -0.232 e. The summed E-state index contributed by atoms with van der Waals surface area (Å²) in [5.41, 5.74) is 0.681. The normalized spacial score (nSPS) is 23.2. The minimum absolute atomic E-state index is 0.244. The van der Waals surface area contributed by atoms with Gasteiger partial charge in [-0.25, -0.2) is 13.2 Å². The molecule has 1 heterocycles. The van der Waals surface area contributed by atoms with Crippen molar-refractivity contribution in [1.82, 2.24) is 0 Å². The average Bonchev–Trinajstić information content (AvgIpc) is 2.39. The molecule has 0 fully saturated rings. The predicted octanol–water partition coefficient (Wildman–Crippen LogP) is 0.901. The topological polar surface area (TPSA) is 51.2 Å². The first kappa shape index (κ1) is 8.23. The first-order valence-electron chi connectivity index (χ1n) is 3.74. The zero-order valence-electron chi connectivity index (χ0n) is 6.65. The molecular weight excluding hydrogens is 188 g/mol. The van der Waals surface area contributed by atoms with Crippen LogP contribution in [-0.2, 0) is 14.6 Å². The van der Waals surface area contributed by atoms with E-state index in [-0.39, 0.29) is 9.81 Å². The second-order valence-electron chi connectivity index (χ2n) is 2.80. The molecule has 4 heteroatoms. The summed E-state index contributed by atoms with van der Waals surface area (Å²) in [4.78, 5) is 10.3. The molecule has 0 amide bonds. The van der Waals surface area contributed by atoms with Crippen LogP contribution in [0.15, 0.2) is 39.7 Å². The SMILES string of the molecule is O=C=C1C=C2CC=CC=C2S1(=O)=O. The van der Waals surface area contributed by atoms with Crippen LogP contribution in [0.4, 0.5) is 0 Å². The Labute approximate surface area is 75.7 Å². The smallest absolute Gasteiger partial charge is 0.217 e. The van der Waals surface area contributed by atoms with Gasteiger partial charge in [0.05, 0.1) is 4.91 Å². The van der Waals surface area contributed by atoms with Crippen molar-refractivity contribution in [2.75, 3.05) is 0 Å². The number of rotatable bonds is 0. The van der Waals surface area contributed by atoms with Gasteiger partial charge in [-0.2, -0.15) is 0 Å². The van der Waals surface area contributed by atoms with Crippen LogP contribution in [-0.4, -0.2) is 14.4 Å². The summed E-state index contributed by atoms with van der Waals surface area (Å²) in [5, 5.41) is 0. The summed E-state index contributed by atoms with van der Waals surface area (Å²) in [6.07, 6.45) is 6.99. The maximum atomic E-state index is 11.5. The van der Waals surface area contributed by atoms with Crippen LogP contribution < -0.4 is 0 Å².